The van der Waals surface area contributed by atoms with Gasteiger partial charge in [-0.05, 0) is 42.0 Å². The van der Waals surface area contributed by atoms with Crippen molar-refractivity contribution in [2.45, 2.75) is 6.36 Å². The van der Waals surface area contributed by atoms with Crippen molar-refractivity contribution in [2.75, 3.05) is 0 Å². The second-order valence-electron chi connectivity index (χ2n) is 4.22. The maximum Gasteiger partial charge on any atom is 0.573 e. The van der Waals surface area contributed by atoms with Gasteiger partial charge in [-0.1, -0.05) is 0 Å². The first-order valence-corrected chi connectivity index (χ1v) is 5.80. The molecule has 0 amide bonds. The highest BCUT2D eigenvalue weighted by molar-refractivity contribution is 5.85. The number of hydrogen-bond donors (Lipinski definition) is 1. The minimum atomic E-state index is -4.67. The average molecular weight is 278 g/mol. The third-order valence-corrected chi connectivity index (χ3v) is 2.82. The number of fused-ring (bicyclic) bond motifs is 1. The number of nitrogens with zero attached hydrogens (tertiary/aromatic N) is 1. The molecule has 0 unspecified atom stereocenters. The molecule has 6 heteroatoms. The third-order valence-electron chi connectivity index (χ3n) is 2.82. The fourth-order valence-electron chi connectivity index (χ4n) is 1.96. The topological polar surface area (TPSA) is 37.9 Å². The van der Waals surface area contributed by atoms with Crippen molar-refractivity contribution in [1.82, 2.24) is 9.97 Å². The monoisotopic (exact) mass is 278 g/mol. The molecule has 0 saturated heterocycles. The second-order valence-corrected chi connectivity index (χ2v) is 4.22. The summed E-state index contributed by atoms with van der Waals surface area (Å²) < 4.78 is 40.0. The van der Waals surface area contributed by atoms with E-state index in [-0.39, 0.29) is 5.75 Å². The Bertz CT molecular complexity index is 699. The van der Waals surface area contributed by atoms with E-state index in [0.29, 0.717) is 0 Å². The Labute approximate surface area is 112 Å². The Kier molecular flexibility index (Phi) is 2.85. The second kappa shape index (κ2) is 4.56. The van der Waals surface area contributed by atoms with Crippen molar-refractivity contribution < 1.29 is 17.9 Å². The van der Waals surface area contributed by atoms with Crippen LogP contribution in [0.25, 0.3) is 22.2 Å². The Morgan fingerprint density at radius 1 is 1.05 bits per heavy atom. The molecule has 0 bridgehead atoms. The van der Waals surface area contributed by atoms with E-state index in [1.54, 1.807) is 24.5 Å². The van der Waals surface area contributed by atoms with Gasteiger partial charge in [0, 0.05) is 17.3 Å². The summed E-state index contributed by atoms with van der Waals surface area (Å²) in [6, 6.07) is 9.48. The number of aromatic amines is 1. The average Bonchev–Trinajstić information content (AvgIpc) is 2.81. The van der Waals surface area contributed by atoms with Gasteiger partial charge in [-0.2, -0.15) is 0 Å². The first-order valence-electron chi connectivity index (χ1n) is 5.80. The predicted molar refractivity (Wildman–Crippen MR) is 68.2 cm³/mol. The van der Waals surface area contributed by atoms with Crippen molar-refractivity contribution in [3.8, 4) is 17.0 Å². The summed E-state index contributed by atoms with van der Waals surface area (Å²) in [5, 5.41) is 0.991. The highest BCUT2D eigenvalue weighted by Crippen LogP contribution is 2.27. The van der Waals surface area contributed by atoms with E-state index in [0.717, 1.165) is 22.2 Å². The molecule has 0 aliphatic rings. The van der Waals surface area contributed by atoms with Gasteiger partial charge in [0.05, 0.1) is 11.7 Å². The summed E-state index contributed by atoms with van der Waals surface area (Å²) in [7, 11) is 0. The SMILES string of the molecule is FC(F)(F)Oc1ccc(-c2cc3ccncc3[nH]2)cc1. The van der Waals surface area contributed by atoms with Crippen LogP contribution in [-0.4, -0.2) is 16.3 Å². The summed E-state index contributed by atoms with van der Waals surface area (Å²) >= 11 is 0. The van der Waals surface area contributed by atoms with Crippen LogP contribution in [0.15, 0.2) is 48.8 Å². The molecule has 0 fully saturated rings. The molecule has 1 aromatic carbocycles. The molecule has 1 N–H and O–H groups in total. The number of benzene rings is 1. The van der Waals surface area contributed by atoms with Gasteiger partial charge in [-0.25, -0.2) is 0 Å². The molecule has 2 heterocycles. The van der Waals surface area contributed by atoms with Crippen LogP contribution in [0.2, 0.25) is 0 Å². The number of halogens is 3. The number of H-pyrrole nitrogens is 1. The minimum Gasteiger partial charge on any atom is -0.406 e. The van der Waals surface area contributed by atoms with E-state index < -0.39 is 6.36 Å². The van der Waals surface area contributed by atoms with E-state index in [9.17, 15) is 13.2 Å². The van der Waals surface area contributed by atoms with E-state index in [2.05, 4.69) is 14.7 Å². The van der Waals surface area contributed by atoms with E-state index >= 15 is 0 Å². The van der Waals surface area contributed by atoms with Crippen LogP contribution in [0, 0.1) is 0 Å². The van der Waals surface area contributed by atoms with Crippen molar-refractivity contribution in [1.29, 1.82) is 0 Å². The lowest BCUT2D eigenvalue weighted by atomic mass is 10.1. The Balaban J connectivity index is 1.90. The predicted octanol–water partition coefficient (Wildman–Crippen LogP) is 4.13. The molecule has 0 atom stereocenters. The molecule has 0 radical (unpaired) electrons. The number of hydrogen-bond acceptors (Lipinski definition) is 2. The van der Waals surface area contributed by atoms with Crippen LogP contribution >= 0.6 is 0 Å². The van der Waals surface area contributed by atoms with Gasteiger partial charge in [-0.15, -0.1) is 13.2 Å². The third kappa shape index (κ3) is 2.59. The molecule has 0 aliphatic heterocycles. The molecule has 0 saturated carbocycles. The Morgan fingerprint density at radius 2 is 1.80 bits per heavy atom. The zero-order valence-corrected chi connectivity index (χ0v) is 10.1. The first kappa shape index (κ1) is 12.5. The van der Waals surface area contributed by atoms with Crippen LogP contribution in [0.5, 0.6) is 5.75 Å². The molecule has 0 spiro atoms. The Hall–Kier alpha value is -2.50. The van der Waals surface area contributed by atoms with Gasteiger partial charge in [0.1, 0.15) is 5.75 Å². The molecule has 3 rings (SSSR count). The molecule has 3 aromatic rings. The van der Waals surface area contributed by atoms with E-state index in [1.165, 1.54) is 12.1 Å². The number of alkyl halides is 3. The Morgan fingerprint density at radius 3 is 2.45 bits per heavy atom. The first-order chi connectivity index (χ1) is 9.51. The summed E-state index contributed by atoms with van der Waals surface area (Å²) in [6.45, 7) is 0. The fourth-order valence-corrected chi connectivity index (χ4v) is 1.96. The normalized spacial score (nSPS) is 11.8. The zero-order valence-electron chi connectivity index (χ0n) is 10.1. The van der Waals surface area contributed by atoms with Crippen molar-refractivity contribution in [2.24, 2.45) is 0 Å². The largest absolute Gasteiger partial charge is 0.573 e. The van der Waals surface area contributed by atoms with E-state index in [4.69, 9.17) is 0 Å². The highest BCUT2D eigenvalue weighted by atomic mass is 19.4. The summed E-state index contributed by atoms with van der Waals surface area (Å²) in [4.78, 5) is 7.15. The summed E-state index contributed by atoms with van der Waals surface area (Å²) in [5.74, 6) is -0.237. The summed E-state index contributed by atoms with van der Waals surface area (Å²) in [6.07, 6.45) is -1.30. The minimum absolute atomic E-state index is 0.237. The maximum atomic E-state index is 12.1. The van der Waals surface area contributed by atoms with Crippen LogP contribution < -0.4 is 4.74 Å². The molecule has 0 aliphatic carbocycles. The standard InChI is InChI=1S/C14H9F3N2O/c15-14(16,17)20-11-3-1-9(2-4-11)12-7-10-5-6-18-8-13(10)19-12/h1-8,19H. The van der Waals surface area contributed by atoms with Gasteiger partial charge in [0.25, 0.3) is 0 Å². The zero-order chi connectivity index (χ0) is 14.2. The molecule has 20 heavy (non-hydrogen) atoms. The smallest absolute Gasteiger partial charge is 0.406 e. The van der Waals surface area contributed by atoms with Gasteiger partial charge < -0.3 is 9.72 Å². The molecule has 2 aromatic heterocycles. The molecular formula is C14H9F3N2O. The van der Waals surface area contributed by atoms with Crippen LogP contribution in [0.3, 0.4) is 0 Å². The van der Waals surface area contributed by atoms with Crippen molar-refractivity contribution in [3.05, 3.63) is 48.8 Å². The van der Waals surface area contributed by atoms with Crippen LogP contribution in [0.4, 0.5) is 13.2 Å². The lowest BCUT2D eigenvalue weighted by Gasteiger charge is -2.08. The van der Waals surface area contributed by atoms with Crippen molar-refractivity contribution in [3.63, 3.8) is 0 Å². The highest BCUT2D eigenvalue weighted by Gasteiger charge is 2.30. The van der Waals surface area contributed by atoms with Gasteiger partial charge in [0.15, 0.2) is 0 Å². The quantitative estimate of drug-likeness (QED) is 0.765. The van der Waals surface area contributed by atoms with Crippen molar-refractivity contribution >= 4 is 10.9 Å². The number of nitrogens with one attached hydrogen (secondary N) is 1. The van der Waals surface area contributed by atoms with Crippen LogP contribution in [-0.2, 0) is 0 Å². The lowest BCUT2D eigenvalue weighted by Crippen LogP contribution is -2.16. The number of rotatable bonds is 2. The molecule has 3 nitrogen and oxygen atoms in total. The fraction of sp³-hybridized carbons (Fsp3) is 0.0714. The number of pyridine rings is 1. The maximum absolute atomic E-state index is 12.1. The molecule has 102 valence electrons. The molecular weight excluding hydrogens is 269 g/mol. The van der Waals surface area contributed by atoms with Gasteiger partial charge in [0.2, 0.25) is 0 Å². The lowest BCUT2D eigenvalue weighted by molar-refractivity contribution is -0.274. The number of aromatic nitrogens is 2. The summed E-state index contributed by atoms with van der Waals surface area (Å²) in [5.41, 5.74) is 2.46. The number of ether oxygens (including phenoxy) is 1. The van der Waals surface area contributed by atoms with Gasteiger partial charge >= 0.3 is 6.36 Å². The van der Waals surface area contributed by atoms with Gasteiger partial charge in [-0.3, -0.25) is 4.98 Å². The van der Waals surface area contributed by atoms with Crippen LogP contribution in [0.1, 0.15) is 0 Å². The van der Waals surface area contributed by atoms with E-state index in [1.807, 2.05) is 12.1 Å².